The van der Waals surface area contributed by atoms with Gasteiger partial charge in [-0.2, -0.15) is 0 Å². The van der Waals surface area contributed by atoms with Gasteiger partial charge in [-0.15, -0.1) is 0 Å². The highest BCUT2D eigenvalue weighted by Crippen LogP contribution is 2.17. The molecular weight excluding hydrogens is 226 g/mol. The van der Waals surface area contributed by atoms with Crippen LogP contribution in [0.3, 0.4) is 0 Å². The minimum absolute atomic E-state index is 0.246. The molecule has 0 radical (unpaired) electrons. The van der Waals surface area contributed by atoms with E-state index >= 15 is 0 Å². The van der Waals surface area contributed by atoms with Crippen LogP contribution >= 0.6 is 0 Å². The van der Waals surface area contributed by atoms with Crippen LogP contribution in [-0.2, 0) is 11.2 Å². The highest BCUT2D eigenvalue weighted by atomic mass is 16.5. The summed E-state index contributed by atoms with van der Waals surface area (Å²) in [7, 11) is 1.64. The Morgan fingerprint density at radius 2 is 2.17 bits per heavy atom. The molecule has 3 nitrogen and oxygen atoms in total. The molecule has 1 aliphatic carbocycles. The van der Waals surface area contributed by atoms with E-state index in [9.17, 15) is 4.79 Å². The van der Waals surface area contributed by atoms with Gasteiger partial charge in [0.25, 0.3) is 0 Å². The first-order chi connectivity index (χ1) is 8.78. The van der Waals surface area contributed by atoms with Gasteiger partial charge < -0.3 is 10.1 Å². The second-order valence-electron chi connectivity index (χ2n) is 4.93. The van der Waals surface area contributed by atoms with E-state index < -0.39 is 0 Å². The molecule has 0 saturated heterocycles. The maximum Gasteiger partial charge on any atom is 0.150 e. The third-order valence-corrected chi connectivity index (χ3v) is 3.48. The SMILES string of the molecule is COc1cccc(CC(=O)CNC2CCCC2)c1. The summed E-state index contributed by atoms with van der Waals surface area (Å²) in [6, 6.07) is 8.26. The van der Waals surface area contributed by atoms with E-state index in [2.05, 4.69) is 5.32 Å². The van der Waals surface area contributed by atoms with E-state index in [1.54, 1.807) is 7.11 Å². The minimum Gasteiger partial charge on any atom is -0.497 e. The molecule has 0 aromatic heterocycles. The van der Waals surface area contributed by atoms with Crippen molar-refractivity contribution in [3.63, 3.8) is 0 Å². The smallest absolute Gasteiger partial charge is 0.150 e. The third-order valence-electron chi connectivity index (χ3n) is 3.48. The summed E-state index contributed by atoms with van der Waals surface area (Å²) in [6.45, 7) is 0.488. The monoisotopic (exact) mass is 247 g/mol. The Balaban J connectivity index is 1.78. The highest BCUT2D eigenvalue weighted by Gasteiger charge is 2.15. The fourth-order valence-corrected chi connectivity index (χ4v) is 2.46. The summed E-state index contributed by atoms with van der Waals surface area (Å²) in [6.07, 6.45) is 5.50. The molecule has 2 rings (SSSR count). The topological polar surface area (TPSA) is 38.3 Å². The van der Waals surface area contributed by atoms with Crippen molar-refractivity contribution in [3.8, 4) is 5.75 Å². The molecule has 1 N–H and O–H groups in total. The van der Waals surface area contributed by atoms with E-state index in [4.69, 9.17) is 4.74 Å². The maximum absolute atomic E-state index is 11.9. The van der Waals surface area contributed by atoms with Crippen molar-refractivity contribution in [1.29, 1.82) is 0 Å². The van der Waals surface area contributed by atoms with Crippen LogP contribution in [-0.4, -0.2) is 25.5 Å². The van der Waals surface area contributed by atoms with E-state index in [0.29, 0.717) is 19.0 Å². The third kappa shape index (κ3) is 3.84. The molecule has 0 aliphatic heterocycles. The summed E-state index contributed by atoms with van der Waals surface area (Å²) in [5.74, 6) is 1.05. The van der Waals surface area contributed by atoms with Gasteiger partial charge in [0.15, 0.2) is 5.78 Å². The molecule has 0 heterocycles. The van der Waals surface area contributed by atoms with Crippen molar-refractivity contribution in [3.05, 3.63) is 29.8 Å². The van der Waals surface area contributed by atoms with Crippen molar-refractivity contribution >= 4 is 5.78 Å². The van der Waals surface area contributed by atoms with Gasteiger partial charge in [-0.25, -0.2) is 0 Å². The number of methoxy groups -OCH3 is 1. The first-order valence-corrected chi connectivity index (χ1v) is 6.66. The molecule has 1 saturated carbocycles. The number of ether oxygens (including phenoxy) is 1. The molecule has 0 atom stereocenters. The van der Waals surface area contributed by atoms with Gasteiger partial charge in [-0.3, -0.25) is 4.79 Å². The minimum atomic E-state index is 0.246. The van der Waals surface area contributed by atoms with Crippen molar-refractivity contribution in [2.75, 3.05) is 13.7 Å². The number of hydrogen-bond donors (Lipinski definition) is 1. The lowest BCUT2D eigenvalue weighted by atomic mass is 10.1. The lowest BCUT2D eigenvalue weighted by Crippen LogP contribution is -2.32. The Kier molecular flexibility index (Phi) is 4.76. The van der Waals surface area contributed by atoms with E-state index in [-0.39, 0.29) is 5.78 Å². The van der Waals surface area contributed by atoms with Crippen LogP contribution in [0.2, 0.25) is 0 Å². The maximum atomic E-state index is 11.9. The second kappa shape index (κ2) is 6.55. The molecule has 1 fully saturated rings. The first-order valence-electron chi connectivity index (χ1n) is 6.66. The van der Waals surface area contributed by atoms with Crippen LogP contribution in [0.4, 0.5) is 0 Å². The molecular formula is C15H21NO2. The van der Waals surface area contributed by atoms with Crippen LogP contribution in [0.5, 0.6) is 5.75 Å². The number of hydrogen-bond acceptors (Lipinski definition) is 3. The lowest BCUT2D eigenvalue weighted by Gasteiger charge is -2.11. The fourth-order valence-electron chi connectivity index (χ4n) is 2.46. The van der Waals surface area contributed by atoms with Gasteiger partial charge in [0.2, 0.25) is 0 Å². The van der Waals surface area contributed by atoms with Gasteiger partial charge in [-0.05, 0) is 30.5 Å². The van der Waals surface area contributed by atoms with Gasteiger partial charge in [0.1, 0.15) is 5.75 Å². The van der Waals surface area contributed by atoms with Crippen molar-refractivity contribution in [2.24, 2.45) is 0 Å². The fraction of sp³-hybridized carbons (Fsp3) is 0.533. The number of nitrogens with one attached hydrogen (secondary N) is 1. The Labute approximate surface area is 109 Å². The summed E-state index contributed by atoms with van der Waals surface area (Å²) in [5.41, 5.74) is 1.02. The van der Waals surface area contributed by atoms with Gasteiger partial charge in [0.05, 0.1) is 13.7 Å². The molecule has 0 bridgehead atoms. The van der Waals surface area contributed by atoms with E-state index in [0.717, 1.165) is 11.3 Å². The quantitative estimate of drug-likeness (QED) is 0.838. The molecule has 18 heavy (non-hydrogen) atoms. The number of rotatable bonds is 6. The number of carbonyl (C=O) groups is 1. The first kappa shape index (κ1) is 13.1. The Morgan fingerprint density at radius 1 is 1.39 bits per heavy atom. The van der Waals surface area contributed by atoms with Gasteiger partial charge in [-0.1, -0.05) is 25.0 Å². The molecule has 0 unspecified atom stereocenters. The summed E-state index contributed by atoms with van der Waals surface area (Å²) in [5, 5.41) is 3.35. The average Bonchev–Trinajstić information content (AvgIpc) is 2.90. The zero-order valence-electron chi connectivity index (χ0n) is 10.9. The van der Waals surface area contributed by atoms with Crippen LogP contribution < -0.4 is 10.1 Å². The number of ketones is 1. The Morgan fingerprint density at radius 3 is 2.89 bits per heavy atom. The number of benzene rings is 1. The summed E-state index contributed by atoms with van der Waals surface area (Å²) < 4.78 is 5.15. The van der Waals surface area contributed by atoms with Crippen LogP contribution in [0, 0.1) is 0 Å². The van der Waals surface area contributed by atoms with Crippen LogP contribution in [0.25, 0.3) is 0 Å². The standard InChI is InChI=1S/C15H21NO2/c1-18-15-8-4-5-12(10-15)9-14(17)11-16-13-6-2-3-7-13/h4-5,8,10,13,16H,2-3,6-7,9,11H2,1H3. The largest absolute Gasteiger partial charge is 0.497 e. The van der Waals surface area contributed by atoms with Crippen LogP contribution in [0.15, 0.2) is 24.3 Å². The average molecular weight is 247 g/mol. The molecule has 98 valence electrons. The summed E-state index contributed by atoms with van der Waals surface area (Å²) >= 11 is 0. The van der Waals surface area contributed by atoms with Crippen molar-refractivity contribution in [1.82, 2.24) is 5.32 Å². The zero-order chi connectivity index (χ0) is 12.8. The zero-order valence-corrected chi connectivity index (χ0v) is 10.9. The molecule has 0 spiro atoms. The molecule has 1 aromatic rings. The predicted molar refractivity (Wildman–Crippen MR) is 72.0 cm³/mol. The molecule has 1 aliphatic rings. The molecule has 3 heteroatoms. The van der Waals surface area contributed by atoms with Gasteiger partial charge >= 0.3 is 0 Å². The van der Waals surface area contributed by atoms with Crippen molar-refractivity contribution < 1.29 is 9.53 Å². The van der Waals surface area contributed by atoms with Crippen molar-refractivity contribution in [2.45, 2.75) is 38.1 Å². The number of carbonyl (C=O) groups excluding carboxylic acids is 1. The second-order valence-corrected chi connectivity index (χ2v) is 4.93. The Hall–Kier alpha value is -1.35. The number of Topliss-reactive ketones (excluding diaryl/α,β-unsaturated/α-hetero) is 1. The van der Waals surface area contributed by atoms with E-state index in [1.807, 2.05) is 24.3 Å². The Bertz CT molecular complexity index is 397. The van der Waals surface area contributed by atoms with E-state index in [1.165, 1.54) is 25.7 Å². The molecule has 0 amide bonds. The molecule has 1 aromatic carbocycles. The van der Waals surface area contributed by atoms with Gasteiger partial charge in [0, 0.05) is 12.5 Å². The van der Waals surface area contributed by atoms with Crippen LogP contribution in [0.1, 0.15) is 31.2 Å². The lowest BCUT2D eigenvalue weighted by molar-refractivity contribution is -0.117. The normalized spacial score (nSPS) is 15.8. The predicted octanol–water partition coefficient (Wildman–Crippen LogP) is 2.34. The summed E-state index contributed by atoms with van der Waals surface area (Å²) in [4.78, 5) is 11.9. The highest BCUT2D eigenvalue weighted by molar-refractivity contribution is 5.82.